The average Bonchev–Trinajstić information content (AvgIpc) is 2.86. The van der Waals surface area contributed by atoms with Gasteiger partial charge in [-0.15, -0.1) is 6.58 Å². The quantitative estimate of drug-likeness (QED) is 0.294. The van der Waals surface area contributed by atoms with E-state index in [-0.39, 0.29) is 11.6 Å². The molecule has 0 bridgehead atoms. The van der Waals surface area contributed by atoms with Gasteiger partial charge < -0.3 is 10.2 Å². The third-order valence-corrected chi connectivity index (χ3v) is 5.79. The van der Waals surface area contributed by atoms with Gasteiger partial charge in [0.1, 0.15) is 26.2 Å². The van der Waals surface area contributed by atoms with Gasteiger partial charge >= 0.3 is 0 Å². The molecule has 0 aromatic heterocycles. The van der Waals surface area contributed by atoms with Crippen molar-refractivity contribution in [2.24, 2.45) is 0 Å². The molecule has 0 atom stereocenters. The van der Waals surface area contributed by atoms with Gasteiger partial charge in [-0.25, -0.2) is 8.78 Å². The van der Waals surface area contributed by atoms with Gasteiger partial charge in [-0.05, 0) is 46.5 Å². The first-order chi connectivity index (χ1) is 16.8. The maximum Gasteiger partial charge on any atom is 0.148 e. The van der Waals surface area contributed by atoms with E-state index in [0.29, 0.717) is 25.3 Å². The largest absolute Gasteiger partial charge is 0.381 e. The van der Waals surface area contributed by atoms with Crippen LogP contribution in [0, 0.1) is 11.6 Å². The van der Waals surface area contributed by atoms with Gasteiger partial charge in [0.2, 0.25) is 0 Å². The fourth-order valence-electron chi connectivity index (χ4n) is 3.88. The van der Waals surface area contributed by atoms with E-state index in [1.165, 1.54) is 24.3 Å². The average molecular weight is 466 g/mol. The number of benzene rings is 3. The molecule has 35 heavy (non-hydrogen) atoms. The van der Waals surface area contributed by atoms with E-state index in [4.69, 9.17) is 0 Å². The normalized spacial score (nSPS) is 10.4. The van der Waals surface area contributed by atoms with Crippen molar-refractivity contribution in [3.05, 3.63) is 120 Å². The molecule has 176 valence electrons. The highest BCUT2D eigenvalue weighted by Gasteiger charge is 2.12. The first kappa shape index (κ1) is 26.1. The minimum Gasteiger partial charge on any atom is -0.381 e. The molecule has 2 radical (unpaired) electrons. The van der Waals surface area contributed by atoms with Crippen LogP contribution in [0.1, 0.15) is 22.3 Å². The van der Waals surface area contributed by atoms with Crippen molar-refractivity contribution in [1.29, 1.82) is 0 Å². The van der Waals surface area contributed by atoms with Gasteiger partial charge in [-0.2, -0.15) is 0 Å². The highest BCUT2D eigenvalue weighted by atomic mass is 19.1. The number of nitrogens with zero attached hydrogens (tertiary/aromatic N) is 1. The summed E-state index contributed by atoms with van der Waals surface area (Å²) in [5.74, 6) is -0.573. The lowest BCUT2D eigenvalue weighted by molar-refractivity contribution is 0.433. The Labute approximate surface area is 209 Å². The predicted molar refractivity (Wildman–Crippen MR) is 147 cm³/mol. The second kappa shape index (κ2) is 12.3. The molecule has 0 saturated heterocycles. The second-order valence-corrected chi connectivity index (χ2v) is 8.39. The van der Waals surface area contributed by atoms with Crippen LogP contribution in [-0.2, 0) is 13.1 Å². The Balaban J connectivity index is 1.71. The molecule has 0 amide bonds. The summed E-state index contributed by atoms with van der Waals surface area (Å²) in [5.41, 5.74) is 6.65. The SMILES string of the molecule is C=CCN(Cc1cccc(CNC(=C)c2cc(F)cc([B]C)c2)c1)C(=C)c1cc(F)cc([B]C)c1. The molecule has 0 heterocycles. The van der Waals surface area contributed by atoms with Crippen molar-refractivity contribution in [2.75, 3.05) is 6.54 Å². The molecule has 0 aliphatic carbocycles. The van der Waals surface area contributed by atoms with E-state index in [0.717, 1.165) is 38.9 Å². The number of halogens is 2. The van der Waals surface area contributed by atoms with Crippen molar-refractivity contribution < 1.29 is 8.78 Å². The van der Waals surface area contributed by atoms with Crippen molar-refractivity contribution in [3.8, 4) is 0 Å². The monoisotopic (exact) mass is 466 g/mol. The zero-order chi connectivity index (χ0) is 25.4. The summed E-state index contributed by atoms with van der Waals surface area (Å²) in [5, 5.41) is 3.30. The molecule has 3 aromatic rings. The van der Waals surface area contributed by atoms with Crippen LogP contribution in [-0.4, -0.2) is 26.0 Å². The van der Waals surface area contributed by atoms with E-state index in [1.807, 2.05) is 58.5 Å². The molecule has 0 spiro atoms. The molecule has 0 saturated carbocycles. The van der Waals surface area contributed by atoms with Gasteiger partial charge in [0, 0.05) is 31.0 Å². The summed E-state index contributed by atoms with van der Waals surface area (Å²) in [6.07, 6.45) is 1.81. The van der Waals surface area contributed by atoms with Gasteiger partial charge in [0.15, 0.2) is 0 Å². The summed E-state index contributed by atoms with van der Waals surface area (Å²) in [6.45, 7) is 17.7. The Morgan fingerprint density at radius 3 is 2.11 bits per heavy atom. The Morgan fingerprint density at radius 1 is 0.886 bits per heavy atom. The lowest BCUT2D eigenvalue weighted by Crippen LogP contribution is -2.23. The zero-order valence-electron chi connectivity index (χ0n) is 20.5. The Morgan fingerprint density at radius 2 is 1.49 bits per heavy atom. The third kappa shape index (κ3) is 7.22. The molecule has 3 aromatic carbocycles. The van der Waals surface area contributed by atoms with E-state index in [2.05, 4.69) is 42.1 Å². The number of hydrogen-bond acceptors (Lipinski definition) is 2. The van der Waals surface area contributed by atoms with Gasteiger partial charge in [0.25, 0.3) is 0 Å². The molecular formula is C29H30B2F2N2. The topological polar surface area (TPSA) is 15.3 Å². The van der Waals surface area contributed by atoms with Crippen molar-refractivity contribution in [3.63, 3.8) is 0 Å². The fourth-order valence-corrected chi connectivity index (χ4v) is 3.88. The van der Waals surface area contributed by atoms with Crippen molar-refractivity contribution in [1.82, 2.24) is 10.2 Å². The highest BCUT2D eigenvalue weighted by molar-refractivity contribution is 6.52. The van der Waals surface area contributed by atoms with Crippen LogP contribution in [0.15, 0.2) is 86.5 Å². The van der Waals surface area contributed by atoms with Crippen LogP contribution < -0.4 is 16.2 Å². The van der Waals surface area contributed by atoms with Crippen molar-refractivity contribution in [2.45, 2.75) is 26.7 Å². The summed E-state index contributed by atoms with van der Waals surface area (Å²) in [7, 11) is 3.73. The zero-order valence-corrected chi connectivity index (χ0v) is 20.5. The first-order valence-electron chi connectivity index (χ1n) is 11.6. The molecule has 1 N–H and O–H groups in total. The maximum absolute atomic E-state index is 14.1. The smallest absolute Gasteiger partial charge is 0.148 e. The van der Waals surface area contributed by atoms with Crippen LogP contribution in [0.25, 0.3) is 11.4 Å². The lowest BCUT2D eigenvalue weighted by atomic mass is 9.73. The van der Waals surface area contributed by atoms with Crippen LogP contribution in [0.5, 0.6) is 0 Å². The second-order valence-electron chi connectivity index (χ2n) is 8.39. The van der Waals surface area contributed by atoms with E-state index in [9.17, 15) is 8.78 Å². The predicted octanol–water partition coefficient (Wildman–Crippen LogP) is 5.14. The van der Waals surface area contributed by atoms with Gasteiger partial charge in [-0.3, -0.25) is 0 Å². The Hall–Kier alpha value is -3.53. The minimum absolute atomic E-state index is 0.286. The molecule has 0 fully saturated rings. The summed E-state index contributed by atoms with van der Waals surface area (Å²) >= 11 is 0. The molecule has 2 nitrogen and oxygen atoms in total. The van der Waals surface area contributed by atoms with Crippen LogP contribution in [0.4, 0.5) is 8.78 Å². The Kier molecular flexibility index (Phi) is 9.13. The van der Waals surface area contributed by atoms with E-state index < -0.39 is 0 Å². The van der Waals surface area contributed by atoms with Gasteiger partial charge in [0.05, 0.1) is 0 Å². The minimum atomic E-state index is -0.287. The van der Waals surface area contributed by atoms with Crippen molar-refractivity contribution >= 4 is 36.9 Å². The molecular weight excluding hydrogens is 436 g/mol. The summed E-state index contributed by atoms with van der Waals surface area (Å²) in [6, 6.07) is 18.0. The molecule has 0 aliphatic heterocycles. The first-order valence-corrected chi connectivity index (χ1v) is 11.6. The highest BCUT2D eigenvalue weighted by Crippen LogP contribution is 2.21. The number of hydrogen-bond donors (Lipinski definition) is 1. The molecule has 0 unspecified atom stereocenters. The van der Waals surface area contributed by atoms with Gasteiger partial charge in [-0.1, -0.05) is 80.2 Å². The fraction of sp³-hybridized carbons (Fsp3) is 0.172. The Bertz CT molecular complexity index is 1220. The third-order valence-electron chi connectivity index (χ3n) is 5.79. The molecule has 3 rings (SSSR count). The summed E-state index contributed by atoms with van der Waals surface area (Å²) < 4.78 is 28.0. The standard InChI is InChI=1S/C29H30B2F2N2/c1-6-10-35(21(3)25-13-27(31-5)17-29(33)15-25)19-23-9-7-8-22(11-23)18-34-20(2)24-12-26(30-4)16-28(32)14-24/h6-9,11-17,34H,1-3,10,18-19H2,4-5H3. The van der Waals surface area contributed by atoms with E-state index >= 15 is 0 Å². The number of nitrogens with one attached hydrogen (secondary N) is 1. The lowest BCUT2D eigenvalue weighted by Gasteiger charge is -2.26. The van der Waals surface area contributed by atoms with Crippen LogP contribution >= 0.6 is 0 Å². The molecule has 6 heteroatoms. The van der Waals surface area contributed by atoms with Crippen LogP contribution in [0.2, 0.25) is 13.6 Å². The summed E-state index contributed by atoms with van der Waals surface area (Å²) in [4.78, 5) is 2.07. The van der Waals surface area contributed by atoms with Crippen LogP contribution in [0.3, 0.4) is 0 Å². The molecule has 0 aliphatic rings. The number of rotatable bonds is 12. The maximum atomic E-state index is 14.1. The van der Waals surface area contributed by atoms with E-state index in [1.54, 1.807) is 0 Å².